The van der Waals surface area contributed by atoms with Gasteiger partial charge in [0.15, 0.2) is 0 Å². The predicted molar refractivity (Wildman–Crippen MR) is 77.2 cm³/mol. The van der Waals surface area contributed by atoms with E-state index in [1.165, 1.54) is 31.2 Å². The summed E-state index contributed by atoms with van der Waals surface area (Å²) in [5, 5.41) is 0. The molecule has 2 N–H and O–H groups in total. The molecule has 0 atom stereocenters. The molecule has 0 bridgehead atoms. The van der Waals surface area contributed by atoms with Gasteiger partial charge in [0.1, 0.15) is 0 Å². The summed E-state index contributed by atoms with van der Waals surface area (Å²) < 4.78 is 0. The summed E-state index contributed by atoms with van der Waals surface area (Å²) in [6, 6.07) is 4.05. The maximum Gasteiger partial charge on any atom is 0.0588 e. The molecule has 0 saturated heterocycles. The fourth-order valence-corrected chi connectivity index (χ4v) is 2.04. The minimum absolute atomic E-state index is 0.582. The van der Waals surface area contributed by atoms with Crippen LogP contribution in [0.5, 0.6) is 0 Å². The van der Waals surface area contributed by atoms with E-state index < -0.39 is 0 Å². The monoisotopic (exact) mass is 249 g/mol. The van der Waals surface area contributed by atoms with Crippen molar-refractivity contribution in [3.05, 3.63) is 29.6 Å². The van der Waals surface area contributed by atoms with Crippen LogP contribution in [0.3, 0.4) is 0 Å². The van der Waals surface area contributed by atoms with Crippen LogP contribution in [0.25, 0.3) is 0 Å². The van der Waals surface area contributed by atoms with E-state index in [0.717, 1.165) is 25.3 Å². The molecular weight excluding hydrogens is 222 g/mol. The minimum atomic E-state index is 0.582. The van der Waals surface area contributed by atoms with Crippen LogP contribution in [-0.2, 0) is 13.1 Å². The van der Waals surface area contributed by atoms with Gasteiger partial charge in [0.25, 0.3) is 0 Å². The Hall–Kier alpha value is -0.930. The molecule has 0 unspecified atom stereocenters. The summed E-state index contributed by atoms with van der Waals surface area (Å²) in [6.07, 6.45) is 6.87. The second-order valence-corrected chi connectivity index (χ2v) is 4.80. The zero-order chi connectivity index (χ0) is 13.2. The van der Waals surface area contributed by atoms with Crippen molar-refractivity contribution in [3.63, 3.8) is 0 Å². The third kappa shape index (κ3) is 5.15. The van der Waals surface area contributed by atoms with Gasteiger partial charge in [0, 0.05) is 19.3 Å². The molecule has 0 radical (unpaired) electrons. The third-order valence-electron chi connectivity index (χ3n) is 3.23. The standard InChI is InChI=1S/C15H27N3/c1-3-5-10-18(11-6-4-2)13-15-14(12-16)8-7-9-17-15/h7-9H,3-6,10-13,16H2,1-2H3. The Morgan fingerprint density at radius 3 is 2.39 bits per heavy atom. The summed E-state index contributed by atoms with van der Waals surface area (Å²) in [5.41, 5.74) is 8.09. The van der Waals surface area contributed by atoms with Crippen LogP contribution in [0.1, 0.15) is 50.8 Å². The van der Waals surface area contributed by atoms with Gasteiger partial charge < -0.3 is 5.73 Å². The van der Waals surface area contributed by atoms with Gasteiger partial charge in [-0.1, -0.05) is 32.8 Å². The lowest BCUT2D eigenvalue weighted by atomic mass is 10.1. The van der Waals surface area contributed by atoms with Crippen LogP contribution in [0.4, 0.5) is 0 Å². The lowest BCUT2D eigenvalue weighted by molar-refractivity contribution is 0.253. The van der Waals surface area contributed by atoms with Gasteiger partial charge in [-0.2, -0.15) is 0 Å². The molecule has 18 heavy (non-hydrogen) atoms. The van der Waals surface area contributed by atoms with Crippen molar-refractivity contribution in [3.8, 4) is 0 Å². The number of pyridine rings is 1. The Labute approximate surface area is 111 Å². The molecule has 0 aliphatic heterocycles. The van der Waals surface area contributed by atoms with Crippen molar-refractivity contribution < 1.29 is 0 Å². The van der Waals surface area contributed by atoms with Crippen molar-refractivity contribution in [2.24, 2.45) is 5.73 Å². The minimum Gasteiger partial charge on any atom is -0.326 e. The van der Waals surface area contributed by atoms with Crippen LogP contribution in [-0.4, -0.2) is 23.0 Å². The fourth-order valence-electron chi connectivity index (χ4n) is 2.04. The Morgan fingerprint density at radius 2 is 1.83 bits per heavy atom. The molecule has 0 amide bonds. The SMILES string of the molecule is CCCCN(CCCC)Cc1ncccc1CN. The molecule has 0 aromatic carbocycles. The second kappa shape index (κ2) is 9.06. The van der Waals surface area contributed by atoms with Crippen molar-refractivity contribution in [2.45, 2.75) is 52.6 Å². The molecule has 1 aromatic rings. The lowest BCUT2D eigenvalue weighted by Crippen LogP contribution is -2.27. The van der Waals surface area contributed by atoms with Crippen LogP contribution in [0.2, 0.25) is 0 Å². The van der Waals surface area contributed by atoms with Crippen molar-refractivity contribution in [1.29, 1.82) is 0 Å². The highest BCUT2D eigenvalue weighted by molar-refractivity contribution is 5.19. The smallest absolute Gasteiger partial charge is 0.0588 e. The number of hydrogen-bond acceptors (Lipinski definition) is 3. The van der Waals surface area contributed by atoms with Crippen molar-refractivity contribution >= 4 is 0 Å². The lowest BCUT2D eigenvalue weighted by Gasteiger charge is -2.22. The van der Waals surface area contributed by atoms with Gasteiger partial charge in [-0.25, -0.2) is 0 Å². The number of aromatic nitrogens is 1. The van der Waals surface area contributed by atoms with E-state index in [1.807, 2.05) is 12.3 Å². The van der Waals surface area contributed by atoms with Gasteiger partial charge in [-0.3, -0.25) is 9.88 Å². The number of rotatable bonds is 9. The Morgan fingerprint density at radius 1 is 1.17 bits per heavy atom. The Kier molecular flexibility index (Phi) is 7.62. The number of nitrogens with two attached hydrogens (primary N) is 1. The van der Waals surface area contributed by atoms with Gasteiger partial charge >= 0.3 is 0 Å². The average Bonchev–Trinajstić information content (AvgIpc) is 2.42. The molecule has 1 aromatic heterocycles. The van der Waals surface area contributed by atoms with E-state index in [9.17, 15) is 0 Å². The Bertz CT molecular complexity index is 317. The molecule has 0 aliphatic rings. The molecule has 0 fully saturated rings. The van der Waals surface area contributed by atoms with Gasteiger partial charge in [-0.05, 0) is 37.6 Å². The van der Waals surface area contributed by atoms with E-state index in [2.05, 4.69) is 29.8 Å². The molecule has 1 rings (SSSR count). The second-order valence-electron chi connectivity index (χ2n) is 4.80. The van der Waals surface area contributed by atoms with E-state index in [-0.39, 0.29) is 0 Å². The molecule has 0 spiro atoms. The zero-order valence-corrected chi connectivity index (χ0v) is 11.9. The number of unbranched alkanes of at least 4 members (excludes halogenated alkanes) is 2. The predicted octanol–water partition coefficient (Wildman–Crippen LogP) is 2.94. The summed E-state index contributed by atoms with van der Waals surface area (Å²) >= 11 is 0. The largest absolute Gasteiger partial charge is 0.326 e. The molecule has 3 heteroatoms. The number of hydrogen-bond donors (Lipinski definition) is 1. The van der Waals surface area contributed by atoms with Crippen LogP contribution >= 0.6 is 0 Å². The normalized spacial score (nSPS) is 11.1. The molecule has 3 nitrogen and oxygen atoms in total. The maximum atomic E-state index is 5.77. The van der Waals surface area contributed by atoms with Crippen molar-refractivity contribution in [2.75, 3.05) is 13.1 Å². The first kappa shape index (κ1) is 15.1. The van der Waals surface area contributed by atoms with E-state index in [4.69, 9.17) is 5.73 Å². The summed E-state index contributed by atoms with van der Waals surface area (Å²) in [4.78, 5) is 6.99. The maximum absolute atomic E-state index is 5.77. The average molecular weight is 249 g/mol. The van der Waals surface area contributed by atoms with E-state index in [1.54, 1.807) is 0 Å². The first-order valence-electron chi connectivity index (χ1n) is 7.17. The van der Waals surface area contributed by atoms with Crippen LogP contribution in [0, 0.1) is 0 Å². The first-order chi connectivity index (χ1) is 8.81. The highest BCUT2D eigenvalue weighted by Crippen LogP contribution is 2.10. The van der Waals surface area contributed by atoms with Gasteiger partial charge in [-0.15, -0.1) is 0 Å². The zero-order valence-electron chi connectivity index (χ0n) is 11.9. The molecule has 0 aliphatic carbocycles. The molecule has 0 saturated carbocycles. The number of nitrogens with zero attached hydrogens (tertiary/aromatic N) is 2. The van der Waals surface area contributed by atoms with Gasteiger partial charge in [0.05, 0.1) is 5.69 Å². The van der Waals surface area contributed by atoms with E-state index >= 15 is 0 Å². The topological polar surface area (TPSA) is 42.2 Å². The van der Waals surface area contributed by atoms with Crippen molar-refractivity contribution in [1.82, 2.24) is 9.88 Å². The summed E-state index contributed by atoms with van der Waals surface area (Å²) in [6.45, 7) is 8.33. The molecular formula is C15H27N3. The molecule has 102 valence electrons. The van der Waals surface area contributed by atoms with Gasteiger partial charge in [0.2, 0.25) is 0 Å². The van der Waals surface area contributed by atoms with Crippen LogP contribution < -0.4 is 5.73 Å². The summed E-state index contributed by atoms with van der Waals surface area (Å²) in [7, 11) is 0. The highest BCUT2D eigenvalue weighted by Gasteiger charge is 2.08. The quantitative estimate of drug-likeness (QED) is 0.731. The highest BCUT2D eigenvalue weighted by atomic mass is 15.1. The summed E-state index contributed by atoms with van der Waals surface area (Å²) in [5.74, 6) is 0. The van der Waals surface area contributed by atoms with E-state index in [0.29, 0.717) is 6.54 Å². The third-order valence-corrected chi connectivity index (χ3v) is 3.23. The van der Waals surface area contributed by atoms with Crippen LogP contribution in [0.15, 0.2) is 18.3 Å². The molecule has 1 heterocycles. The first-order valence-corrected chi connectivity index (χ1v) is 7.17. The Balaban J connectivity index is 2.62. The fraction of sp³-hybridized carbons (Fsp3) is 0.667.